The van der Waals surface area contributed by atoms with E-state index in [4.69, 9.17) is 46.4 Å². The van der Waals surface area contributed by atoms with Crippen molar-refractivity contribution in [3.05, 3.63) is 139 Å². The Kier molecular flexibility index (Phi) is 46.4. The summed E-state index contributed by atoms with van der Waals surface area (Å²) in [4.78, 5) is 40.7. The van der Waals surface area contributed by atoms with E-state index in [-0.39, 0.29) is 117 Å². The van der Waals surface area contributed by atoms with Crippen LogP contribution >= 0.6 is 46.4 Å². The molecule has 20 heteroatoms. The SMILES string of the molecule is O=C([O-])c1cccc(Cl)c1.O=C([O-])c1cccc(Cl)c1.O=C([O-])c1cccc(Cl)c1.O=C([O-])c1cccc(Cl)c1.[O-2].[O-2].[O-2].[O-2].[OH3+].[OH3+].[U].[U]. The van der Waals surface area contributed by atoms with Crippen molar-refractivity contribution in [2.75, 3.05) is 0 Å². The van der Waals surface area contributed by atoms with Crippen LogP contribution in [-0.4, -0.2) is 23.9 Å². The van der Waals surface area contributed by atoms with E-state index in [2.05, 4.69) is 0 Å². The van der Waals surface area contributed by atoms with Gasteiger partial charge in [-0.15, -0.1) is 0 Å². The zero-order valence-electron chi connectivity index (χ0n) is 23.8. The summed E-state index contributed by atoms with van der Waals surface area (Å²) in [5.41, 5.74) is 0.417. The molecule has 0 saturated carbocycles. The van der Waals surface area contributed by atoms with Gasteiger partial charge in [-0.3, -0.25) is 0 Å². The molecule has 0 saturated heterocycles. The van der Waals surface area contributed by atoms with E-state index in [1.807, 2.05) is 0 Å². The average molecular weight is 1200 g/mol. The standard InChI is InChI=1S/4C7H5ClO2.2H2O.4O.2U/c4*8-6-3-1-2-5(4-6)7(9)10;;;;;;;;/h4*1-4H,(H,9,10);2*1H2;;;;;;/q;;;;;;4*-2;;/p-2. The number of hydrogen-bond acceptors (Lipinski definition) is 8. The fourth-order valence-electron chi connectivity index (χ4n) is 2.46. The molecule has 0 atom stereocenters. The summed E-state index contributed by atoms with van der Waals surface area (Å²) < 4.78 is 0. The molecule has 0 unspecified atom stereocenters. The number of hydrogen-bond donors (Lipinski definition) is 0. The van der Waals surface area contributed by atoms with Gasteiger partial charge < -0.3 is 72.5 Å². The Hall–Kier alpha value is -2.22. The second-order valence-electron chi connectivity index (χ2n) is 7.19. The van der Waals surface area contributed by atoms with Gasteiger partial charge in [0.15, 0.2) is 0 Å². The molecule has 6 N–H and O–H groups in total. The first kappa shape index (κ1) is 64.3. The van der Waals surface area contributed by atoms with E-state index >= 15 is 0 Å². The van der Waals surface area contributed by atoms with Gasteiger partial charge in [0.25, 0.3) is 0 Å². The largest absolute Gasteiger partial charge is 2.00 e. The molecule has 48 heavy (non-hydrogen) atoms. The van der Waals surface area contributed by atoms with Gasteiger partial charge in [0.2, 0.25) is 0 Å². The molecular weight excluding hydrogens is 1180 g/mol. The summed E-state index contributed by atoms with van der Waals surface area (Å²) in [6.07, 6.45) is 0. The molecule has 4 rings (SSSR count). The molecule has 0 heterocycles. The second kappa shape index (κ2) is 34.6. The van der Waals surface area contributed by atoms with Gasteiger partial charge >= 0.3 is 0 Å². The quantitative estimate of drug-likeness (QED) is 0.258. The van der Waals surface area contributed by atoms with Gasteiger partial charge in [0.1, 0.15) is 0 Å². The predicted molar refractivity (Wildman–Crippen MR) is 156 cm³/mol. The van der Waals surface area contributed by atoms with E-state index in [9.17, 15) is 39.6 Å². The average Bonchev–Trinajstić information content (AvgIpc) is 2.90. The summed E-state index contributed by atoms with van der Waals surface area (Å²) in [5.74, 6) is -4.82. The van der Waals surface area contributed by atoms with Crippen LogP contribution in [0, 0.1) is 62.2 Å². The Morgan fingerprint density at radius 2 is 0.521 bits per heavy atom. The van der Waals surface area contributed by atoms with Gasteiger partial charge in [-0.1, -0.05) is 94.9 Å². The number of halogens is 4. The number of carbonyl (C=O) groups is 4. The number of aromatic carboxylic acids is 4. The molecule has 0 aliphatic rings. The van der Waals surface area contributed by atoms with E-state index in [0.717, 1.165) is 0 Å². The van der Waals surface area contributed by atoms with Crippen molar-refractivity contribution < 1.29 is 135 Å². The van der Waals surface area contributed by atoms with Crippen LogP contribution in [0.1, 0.15) is 41.4 Å². The Morgan fingerprint density at radius 1 is 0.375 bits per heavy atom. The zero-order valence-corrected chi connectivity index (χ0v) is 35.2. The summed E-state index contributed by atoms with van der Waals surface area (Å²) in [5, 5.41) is 42.4. The number of carbonyl (C=O) groups excluding carboxylic acids is 4. The molecule has 0 radical (unpaired) electrons. The van der Waals surface area contributed by atoms with Crippen molar-refractivity contribution in [3.8, 4) is 0 Å². The van der Waals surface area contributed by atoms with E-state index in [1.54, 1.807) is 48.5 Å². The Balaban J connectivity index is -0.0000000702. The van der Waals surface area contributed by atoms with Crippen LogP contribution in [0.25, 0.3) is 0 Å². The molecule has 264 valence electrons. The van der Waals surface area contributed by atoms with Crippen LogP contribution in [0.15, 0.2) is 97.1 Å². The fourth-order valence-corrected chi connectivity index (χ4v) is 3.22. The van der Waals surface area contributed by atoms with Crippen molar-refractivity contribution in [1.29, 1.82) is 0 Å². The van der Waals surface area contributed by atoms with Crippen molar-refractivity contribution in [2.45, 2.75) is 0 Å². The second-order valence-corrected chi connectivity index (χ2v) is 8.94. The minimum atomic E-state index is -1.21. The molecule has 14 nitrogen and oxygen atoms in total. The maximum atomic E-state index is 10.2. The predicted octanol–water partition coefficient (Wildman–Crippen LogP) is 0.495. The van der Waals surface area contributed by atoms with Crippen LogP contribution in [0.3, 0.4) is 0 Å². The van der Waals surface area contributed by atoms with Crippen LogP contribution < -0.4 is 20.4 Å². The first-order valence-electron chi connectivity index (χ1n) is 10.7. The molecule has 4 aromatic rings. The van der Waals surface area contributed by atoms with Crippen molar-refractivity contribution in [3.63, 3.8) is 0 Å². The number of carboxylic acids is 4. The van der Waals surface area contributed by atoms with Gasteiger partial charge in [-0.25, -0.2) is 0 Å². The van der Waals surface area contributed by atoms with E-state index < -0.39 is 23.9 Å². The molecule has 0 aliphatic carbocycles. The Labute approximate surface area is 341 Å². The van der Waals surface area contributed by atoms with Gasteiger partial charge in [-0.05, 0) is 70.8 Å². The molecule has 0 bridgehead atoms. The minimum absolute atomic E-state index is 0. The maximum Gasteiger partial charge on any atom is 0.0715 e. The summed E-state index contributed by atoms with van der Waals surface area (Å²) in [6.45, 7) is 0. The van der Waals surface area contributed by atoms with E-state index in [0.29, 0.717) is 20.1 Å². The summed E-state index contributed by atoms with van der Waals surface area (Å²) in [6, 6.07) is 23.8. The third kappa shape index (κ3) is 27.7. The number of rotatable bonds is 4. The normalized spacial score (nSPS) is 7.75. The first-order valence-corrected chi connectivity index (χ1v) is 12.2. The molecule has 0 amide bonds. The topological polar surface area (TPSA) is 341 Å². The summed E-state index contributed by atoms with van der Waals surface area (Å²) >= 11 is 22.0. The maximum absolute atomic E-state index is 10.2. The van der Waals surface area contributed by atoms with Crippen LogP contribution in [0.5, 0.6) is 0 Å². The Morgan fingerprint density at radius 3 is 0.604 bits per heavy atom. The van der Waals surface area contributed by atoms with Crippen molar-refractivity contribution in [1.82, 2.24) is 0 Å². The minimum Gasteiger partial charge on any atom is -2.00 e. The van der Waals surface area contributed by atoms with Gasteiger partial charge in [-0.2, -0.15) is 0 Å². The van der Waals surface area contributed by atoms with Crippen molar-refractivity contribution in [2.24, 2.45) is 0 Å². The van der Waals surface area contributed by atoms with Crippen LogP contribution in [0.2, 0.25) is 20.1 Å². The molecule has 4 aromatic carbocycles. The number of carboxylic acid groups (broad SMARTS) is 4. The third-order valence-electron chi connectivity index (χ3n) is 4.24. The first-order chi connectivity index (χ1) is 18.8. The van der Waals surface area contributed by atoms with E-state index in [1.165, 1.54) is 48.5 Å². The smallest absolute Gasteiger partial charge is 0.0715 e. The number of benzene rings is 4. The third-order valence-corrected chi connectivity index (χ3v) is 5.18. The molecule has 0 aliphatic heterocycles. The summed E-state index contributed by atoms with van der Waals surface area (Å²) in [7, 11) is 0. The fraction of sp³-hybridized carbons (Fsp3) is 0. The monoisotopic (exact) mass is 1200 g/mol. The van der Waals surface area contributed by atoms with Crippen LogP contribution in [0.4, 0.5) is 0 Å². The zero-order chi connectivity index (χ0) is 30.2. The molecular formula is C28H22Cl4O14U2-10. The molecule has 0 fully saturated rings. The van der Waals surface area contributed by atoms with Gasteiger partial charge in [0.05, 0.1) is 23.9 Å². The van der Waals surface area contributed by atoms with Gasteiger partial charge in [0, 0.05) is 82.3 Å². The Bertz CT molecular complexity index is 1280. The van der Waals surface area contributed by atoms with Crippen LogP contribution in [-0.2, 0) is 32.9 Å². The molecule has 0 aromatic heterocycles. The molecule has 0 spiro atoms. The van der Waals surface area contributed by atoms with Crippen molar-refractivity contribution >= 4 is 70.3 Å².